The van der Waals surface area contributed by atoms with Gasteiger partial charge in [-0.05, 0) is 32.3 Å². The van der Waals surface area contributed by atoms with Gasteiger partial charge in [0.25, 0.3) is 0 Å². The second-order valence-corrected chi connectivity index (χ2v) is 4.89. The summed E-state index contributed by atoms with van der Waals surface area (Å²) in [5.41, 5.74) is 2.77. The number of hydrogen-bond acceptors (Lipinski definition) is 2. The zero-order valence-corrected chi connectivity index (χ0v) is 10.5. The number of ether oxygens (including phenoxy) is 1. The molecular formula is C15H17NO2. The van der Waals surface area contributed by atoms with Crippen LogP contribution in [0.3, 0.4) is 0 Å². The summed E-state index contributed by atoms with van der Waals surface area (Å²) in [5, 5.41) is 1.01. The first kappa shape index (κ1) is 11.5. The van der Waals surface area contributed by atoms with Crippen molar-refractivity contribution in [2.45, 2.75) is 32.3 Å². The molecule has 1 aliphatic heterocycles. The van der Waals surface area contributed by atoms with Gasteiger partial charge in [0.05, 0.1) is 0 Å². The van der Waals surface area contributed by atoms with Gasteiger partial charge in [-0.15, -0.1) is 0 Å². The number of aryl methyl sites for hydroxylation is 1. The Morgan fingerprint density at radius 1 is 1.33 bits per heavy atom. The van der Waals surface area contributed by atoms with E-state index in [9.17, 15) is 4.79 Å². The standard InChI is InChI=1S/C15H17NO2/c1-10-14(11-6-2-3-7-12(11)16-10)15(17)13-8-4-5-9-18-13/h2-3,6-7,13,16H,4-5,8-9H2,1H3. The van der Waals surface area contributed by atoms with Crippen molar-refractivity contribution in [2.75, 3.05) is 6.61 Å². The molecule has 0 bridgehead atoms. The maximum atomic E-state index is 12.6. The first-order chi connectivity index (χ1) is 8.77. The van der Waals surface area contributed by atoms with E-state index in [-0.39, 0.29) is 11.9 Å². The van der Waals surface area contributed by atoms with Crippen LogP contribution in [-0.2, 0) is 4.74 Å². The number of Topliss-reactive ketones (excluding diaryl/α,β-unsaturated/α-hetero) is 1. The third-order valence-corrected chi connectivity index (χ3v) is 3.61. The van der Waals surface area contributed by atoms with Gasteiger partial charge in [0.1, 0.15) is 6.10 Å². The third-order valence-electron chi connectivity index (χ3n) is 3.61. The highest BCUT2D eigenvalue weighted by Gasteiger charge is 2.26. The Labute approximate surface area is 106 Å². The number of aromatic amines is 1. The van der Waals surface area contributed by atoms with Crippen LogP contribution in [0.25, 0.3) is 10.9 Å². The number of H-pyrrole nitrogens is 1. The summed E-state index contributed by atoms with van der Waals surface area (Å²) in [6.45, 7) is 2.66. The highest BCUT2D eigenvalue weighted by molar-refractivity contribution is 6.11. The number of ketones is 1. The molecule has 1 aromatic heterocycles. The average Bonchev–Trinajstić information content (AvgIpc) is 2.75. The van der Waals surface area contributed by atoms with E-state index >= 15 is 0 Å². The molecule has 94 valence electrons. The van der Waals surface area contributed by atoms with Crippen molar-refractivity contribution in [2.24, 2.45) is 0 Å². The lowest BCUT2D eigenvalue weighted by atomic mass is 9.98. The summed E-state index contributed by atoms with van der Waals surface area (Å²) >= 11 is 0. The Morgan fingerprint density at radius 2 is 2.17 bits per heavy atom. The predicted molar refractivity (Wildman–Crippen MR) is 71.0 cm³/mol. The molecule has 3 rings (SSSR count). The lowest BCUT2D eigenvalue weighted by Crippen LogP contribution is -2.28. The van der Waals surface area contributed by atoms with E-state index in [0.717, 1.165) is 41.4 Å². The van der Waals surface area contributed by atoms with Crippen molar-refractivity contribution in [3.05, 3.63) is 35.5 Å². The number of fused-ring (bicyclic) bond motifs is 1. The minimum Gasteiger partial charge on any atom is -0.370 e. The molecular weight excluding hydrogens is 226 g/mol. The molecule has 1 atom stereocenters. The molecule has 0 spiro atoms. The van der Waals surface area contributed by atoms with E-state index in [1.807, 2.05) is 31.2 Å². The largest absolute Gasteiger partial charge is 0.370 e. The highest BCUT2D eigenvalue weighted by atomic mass is 16.5. The lowest BCUT2D eigenvalue weighted by Gasteiger charge is -2.21. The molecule has 3 nitrogen and oxygen atoms in total. The van der Waals surface area contributed by atoms with Gasteiger partial charge in [-0.1, -0.05) is 18.2 Å². The molecule has 1 fully saturated rings. The quantitative estimate of drug-likeness (QED) is 0.823. The fourth-order valence-electron chi connectivity index (χ4n) is 2.70. The van der Waals surface area contributed by atoms with Crippen molar-refractivity contribution in [3.8, 4) is 0 Å². The SMILES string of the molecule is Cc1[nH]c2ccccc2c1C(=O)C1CCCCO1. The van der Waals surface area contributed by atoms with Crippen LogP contribution in [0.2, 0.25) is 0 Å². The fourth-order valence-corrected chi connectivity index (χ4v) is 2.70. The van der Waals surface area contributed by atoms with Gasteiger partial charge >= 0.3 is 0 Å². The maximum absolute atomic E-state index is 12.6. The van der Waals surface area contributed by atoms with E-state index in [0.29, 0.717) is 6.61 Å². The molecule has 0 saturated carbocycles. The summed E-state index contributed by atoms with van der Waals surface area (Å²) in [7, 11) is 0. The van der Waals surface area contributed by atoms with Crippen LogP contribution in [0.4, 0.5) is 0 Å². The van der Waals surface area contributed by atoms with Crippen molar-refractivity contribution in [1.29, 1.82) is 0 Å². The molecule has 2 aromatic rings. The Bertz CT molecular complexity index is 579. The minimum absolute atomic E-state index is 0.129. The topological polar surface area (TPSA) is 42.1 Å². The fraction of sp³-hybridized carbons (Fsp3) is 0.400. The molecule has 1 saturated heterocycles. The van der Waals surface area contributed by atoms with Gasteiger partial charge in [0.15, 0.2) is 5.78 Å². The number of para-hydroxylation sites is 1. The molecule has 0 amide bonds. The predicted octanol–water partition coefficient (Wildman–Crippen LogP) is 3.23. The molecule has 1 unspecified atom stereocenters. The molecule has 1 aromatic carbocycles. The number of hydrogen-bond donors (Lipinski definition) is 1. The molecule has 1 N–H and O–H groups in total. The monoisotopic (exact) mass is 243 g/mol. The van der Waals surface area contributed by atoms with Crippen molar-refractivity contribution in [3.63, 3.8) is 0 Å². The Balaban J connectivity index is 2.02. The van der Waals surface area contributed by atoms with E-state index in [2.05, 4.69) is 4.98 Å². The van der Waals surface area contributed by atoms with Crippen molar-refractivity contribution in [1.82, 2.24) is 4.98 Å². The smallest absolute Gasteiger partial charge is 0.193 e. The molecule has 18 heavy (non-hydrogen) atoms. The Morgan fingerprint density at radius 3 is 2.94 bits per heavy atom. The van der Waals surface area contributed by atoms with Gasteiger partial charge in [0, 0.05) is 28.8 Å². The third kappa shape index (κ3) is 1.85. The number of carbonyl (C=O) groups excluding carboxylic acids is 1. The number of carbonyl (C=O) groups is 1. The van der Waals surface area contributed by atoms with Gasteiger partial charge in [-0.25, -0.2) is 0 Å². The molecule has 1 aliphatic rings. The lowest BCUT2D eigenvalue weighted by molar-refractivity contribution is 0.0187. The van der Waals surface area contributed by atoms with Crippen molar-refractivity contribution >= 4 is 16.7 Å². The van der Waals surface area contributed by atoms with Crippen LogP contribution in [0.1, 0.15) is 35.3 Å². The highest BCUT2D eigenvalue weighted by Crippen LogP contribution is 2.26. The Hall–Kier alpha value is -1.61. The van der Waals surface area contributed by atoms with Gasteiger partial charge in [0.2, 0.25) is 0 Å². The zero-order chi connectivity index (χ0) is 12.5. The maximum Gasteiger partial charge on any atom is 0.193 e. The average molecular weight is 243 g/mol. The van der Waals surface area contributed by atoms with E-state index < -0.39 is 0 Å². The molecule has 0 radical (unpaired) electrons. The van der Waals surface area contributed by atoms with E-state index in [1.165, 1.54) is 0 Å². The first-order valence-electron chi connectivity index (χ1n) is 6.50. The number of aromatic nitrogens is 1. The first-order valence-corrected chi connectivity index (χ1v) is 6.50. The van der Waals surface area contributed by atoms with Crippen LogP contribution < -0.4 is 0 Å². The molecule has 3 heteroatoms. The zero-order valence-electron chi connectivity index (χ0n) is 10.5. The van der Waals surface area contributed by atoms with Crippen LogP contribution in [-0.4, -0.2) is 23.5 Å². The van der Waals surface area contributed by atoms with Crippen LogP contribution >= 0.6 is 0 Å². The normalized spacial score (nSPS) is 20.2. The number of nitrogens with one attached hydrogen (secondary N) is 1. The van der Waals surface area contributed by atoms with Crippen LogP contribution in [0, 0.1) is 6.92 Å². The Kier molecular flexibility index (Phi) is 2.92. The van der Waals surface area contributed by atoms with Crippen LogP contribution in [0.5, 0.6) is 0 Å². The van der Waals surface area contributed by atoms with Crippen molar-refractivity contribution < 1.29 is 9.53 Å². The summed E-state index contributed by atoms with van der Waals surface area (Å²) in [6.07, 6.45) is 2.74. The summed E-state index contributed by atoms with van der Waals surface area (Å²) < 4.78 is 5.60. The van der Waals surface area contributed by atoms with Gasteiger partial charge in [-0.2, -0.15) is 0 Å². The van der Waals surface area contributed by atoms with E-state index in [4.69, 9.17) is 4.74 Å². The van der Waals surface area contributed by atoms with Gasteiger partial charge < -0.3 is 9.72 Å². The summed E-state index contributed by atoms with van der Waals surface area (Å²) in [5.74, 6) is 0.129. The van der Waals surface area contributed by atoms with Gasteiger partial charge in [-0.3, -0.25) is 4.79 Å². The number of benzene rings is 1. The minimum atomic E-state index is -0.253. The second-order valence-electron chi connectivity index (χ2n) is 4.89. The van der Waals surface area contributed by atoms with Crippen LogP contribution in [0.15, 0.2) is 24.3 Å². The molecule has 0 aliphatic carbocycles. The van der Waals surface area contributed by atoms with E-state index in [1.54, 1.807) is 0 Å². The number of rotatable bonds is 2. The second kappa shape index (κ2) is 4.58. The molecule has 2 heterocycles. The summed E-state index contributed by atoms with van der Waals surface area (Å²) in [6, 6.07) is 7.94. The summed E-state index contributed by atoms with van der Waals surface area (Å²) in [4.78, 5) is 15.8.